The molecule has 0 bridgehead atoms. The maximum absolute atomic E-state index is 3.48. The van der Waals surface area contributed by atoms with Gasteiger partial charge in [0.1, 0.15) is 0 Å². The number of hydrogen-bond acceptors (Lipinski definition) is 1. The maximum atomic E-state index is 3.48. The molecule has 0 unspecified atom stereocenters. The lowest BCUT2D eigenvalue weighted by atomic mass is 9.94. The van der Waals surface area contributed by atoms with Crippen LogP contribution < -0.4 is 5.32 Å². The Labute approximate surface area is 184 Å². The fourth-order valence-corrected chi connectivity index (χ4v) is 4.76. The number of rotatable bonds is 3. The third-order valence-corrected chi connectivity index (χ3v) is 6.41. The number of hydrogen-bond donors (Lipinski definition) is 1. The van der Waals surface area contributed by atoms with Crippen molar-refractivity contribution in [1.29, 1.82) is 0 Å². The lowest BCUT2D eigenvalue weighted by Crippen LogP contribution is -1.90. The predicted molar refractivity (Wildman–Crippen MR) is 131 cm³/mol. The van der Waals surface area contributed by atoms with Crippen molar-refractivity contribution in [2.75, 3.05) is 5.32 Å². The summed E-state index contributed by atoms with van der Waals surface area (Å²) in [4.78, 5) is 0. The molecule has 1 aliphatic rings. The molecule has 5 aromatic rings. The lowest BCUT2D eigenvalue weighted by molar-refractivity contribution is 1.53. The highest BCUT2D eigenvalue weighted by Gasteiger charge is 2.21. The molecule has 0 amide bonds. The fraction of sp³-hybridized carbons (Fsp3) is 0. The second-order valence-corrected chi connectivity index (χ2v) is 8.56. The molecule has 0 saturated carbocycles. The van der Waals surface area contributed by atoms with E-state index in [0.29, 0.717) is 0 Å². The Morgan fingerprint density at radius 2 is 1.03 bits per heavy atom. The third kappa shape index (κ3) is 2.76. The molecule has 2 heteroatoms. The SMILES string of the molecule is Brc1ccc(Nc2ccc(-c3ccc4c5c(cccc35)-c3ccccc3-4)cc2)cc1. The van der Waals surface area contributed by atoms with Crippen LogP contribution in [-0.2, 0) is 0 Å². The van der Waals surface area contributed by atoms with Gasteiger partial charge in [-0.05, 0) is 80.6 Å². The van der Waals surface area contributed by atoms with E-state index in [1.807, 2.05) is 12.1 Å². The number of fused-ring (bicyclic) bond motifs is 3. The fourth-order valence-electron chi connectivity index (χ4n) is 4.49. The molecule has 1 aliphatic carbocycles. The summed E-state index contributed by atoms with van der Waals surface area (Å²) in [5.74, 6) is 0. The van der Waals surface area contributed by atoms with Gasteiger partial charge in [-0.25, -0.2) is 0 Å². The van der Waals surface area contributed by atoms with Crippen molar-refractivity contribution in [3.8, 4) is 33.4 Å². The Morgan fingerprint density at radius 1 is 0.467 bits per heavy atom. The summed E-state index contributed by atoms with van der Waals surface area (Å²) in [5.41, 5.74) is 10.0. The Bertz CT molecular complexity index is 1370. The average molecular weight is 448 g/mol. The summed E-state index contributed by atoms with van der Waals surface area (Å²) in [6.07, 6.45) is 0. The standard InChI is InChI=1S/C28H18BrN/c29-19-10-14-21(15-11-19)30-20-12-8-18(9-13-20)22-16-17-27-24-5-2-1-4-23(24)26-7-3-6-25(22)28(26)27/h1-17,30H. The topological polar surface area (TPSA) is 12.0 Å². The van der Waals surface area contributed by atoms with Gasteiger partial charge in [0.2, 0.25) is 0 Å². The summed E-state index contributed by atoms with van der Waals surface area (Å²) in [5, 5.41) is 6.15. The molecule has 0 saturated heterocycles. The Morgan fingerprint density at radius 3 is 1.73 bits per heavy atom. The minimum atomic E-state index is 1.08. The average Bonchev–Trinajstić information content (AvgIpc) is 3.12. The molecule has 6 rings (SSSR count). The minimum absolute atomic E-state index is 1.08. The minimum Gasteiger partial charge on any atom is -0.356 e. The van der Waals surface area contributed by atoms with Gasteiger partial charge in [-0.2, -0.15) is 0 Å². The molecular weight excluding hydrogens is 430 g/mol. The second kappa shape index (κ2) is 6.86. The molecule has 0 aromatic heterocycles. The Hall–Kier alpha value is -3.36. The summed E-state index contributed by atoms with van der Waals surface area (Å²) < 4.78 is 1.08. The molecule has 30 heavy (non-hydrogen) atoms. The van der Waals surface area contributed by atoms with Crippen molar-refractivity contribution in [2.45, 2.75) is 0 Å². The van der Waals surface area contributed by atoms with Crippen LogP contribution in [0.25, 0.3) is 44.2 Å². The molecule has 5 aromatic carbocycles. The van der Waals surface area contributed by atoms with Crippen molar-refractivity contribution < 1.29 is 0 Å². The first-order valence-electron chi connectivity index (χ1n) is 10.1. The van der Waals surface area contributed by atoms with Crippen molar-refractivity contribution in [3.63, 3.8) is 0 Å². The first kappa shape index (κ1) is 17.5. The van der Waals surface area contributed by atoms with Crippen LogP contribution in [0.5, 0.6) is 0 Å². The predicted octanol–water partition coefficient (Wildman–Crippen LogP) is 8.66. The van der Waals surface area contributed by atoms with Gasteiger partial charge >= 0.3 is 0 Å². The van der Waals surface area contributed by atoms with E-state index >= 15 is 0 Å². The van der Waals surface area contributed by atoms with E-state index in [4.69, 9.17) is 0 Å². The molecule has 0 atom stereocenters. The quantitative estimate of drug-likeness (QED) is 0.286. The monoisotopic (exact) mass is 447 g/mol. The van der Waals surface area contributed by atoms with Crippen LogP contribution >= 0.6 is 15.9 Å². The molecule has 142 valence electrons. The zero-order valence-electron chi connectivity index (χ0n) is 16.2. The molecule has 0 aliphatic heterocycles. The number of anilines is 2. The van der Waals surface area contributed by atoms with Gasteiger partial charge in [-0.1, -0.05) is 82.7 Å². The van der Waals surface area contributed by atoms with E-state index in [1.165, 1.54) is 44.2 Å². The first-order valence-corrected chi connectivity index (χ1v) is 10.9. The van der Waals surface area contributed by atoms with Gasteiger partial charge in [-0.15, -0.1) is 0 Å². The van der Waals surface area contributed by atoms with Crippen LogP contribution in [0.4, 0.5) is 11.4 Å². The van der Waals surface area contributed by atoms with Crippen molar-refractivity contribution >= 4 is 38.1 Å². The van der Waals surface area contributed by atoms with Gasteiger partial charge in [0.25, 0.3) is 0 Å². The van der Waals surface area contributed by atoms with E-state index in [1.54, 1.807) is 0 Å². The number of benzene rings is 5. The number of halogens is 1. The van der Waals surface area contributed by atoms with Crippen LogP contribution in [0.1, 0.15) is 0 Å². The number of nitrogens with one attached hydrogen (secondary N) is 1. The van der Waals surface area contributed by atoms with Gasteiger partial charge < -0.3 is 5.32 Å². The summed E-state index contributed by atoms with van der Waals surface area (Å²) in [7, 11) is 0. The van der Waals surface area contributed by atoms with Gasteiger partial charge in [0, 0.05) is 15.8 Å². The van der Waals surface area contributed by atoms with Crippen LogP contribution in [0.15, 0.2) is 108 Å². The van der Waals surface area contributed by atoms with E-state index in [-0.39, 0.29) is 0 Å². The summed E-state index contributed by atoms with van der Waals surface area (Å²) >= 11 is 3.48. The van der Waals surface area contributed by atoms with Crippen molar-refractivity contribution in [2.24, 2.45) is 0 Å². The zero-order chi connectivity index (χ0) is 20.1. The third-order valence-electron chi connectivity index (χ3n) is 5.88. The summed E-state index contributed by atoms with van der Waals surface area (Å²) in [6, 6.07) is 36.8. The van der Waals surface area contributed by atoms with E-state index < -0.39 is 0 Å². The molecular formula is C28H18BrN. The van der Waals surface area contributed by atoms with Gasteiger partial charge in [0.05, 0.1) is 0 Å². The second-order valence-electron chi connectivity index (χ2n) is 7.64. The molecule has 1 N–H and O–H groups in total. The molecule has 0 spiro atoms. The summed E-state index contributed by atoms with van der Waals surface area (Å²) in [6.45, 7) is 0. The largest absolute Gasteiger partial charge is 0.356 e. The zero-order valence-corrected chi connectivity index (χ0v) is 17.8. The van der Waals surface area contributed by atoms with Crippen LogP contribution in [0, 0.1) is 0 Å². The first-order chi connectivity index (χ1) is 14.8. The van der Waals surface area contributed by atoms with E-state index in [2.05, 4.69) is 112 Å². The Balaban J connectivity index is 1.41. The van der Waals surface area contributed by atoms with Gasteiger partial charge in [0.15, 0.2) is 0 Å². The highest BCUT2D eigenvalue weighted by atomic mass is 79.9. The lowest BCUT2D eigenvalue weighted by Gasteiger charge is -2.11. The normalized spacial score (nSPS) is 11.5. The van der Waals surface area contributed by atoms with Crippen LogP contribution in [-0.4, -0.2) is 0 Å². The Kier molecular flexibility index (Phi) is 4.00. The molecule has 1 nitrogen and oxygen atoms in total. The van der Waals surface area contributed by atoms with E-state index in [0.717, 1.165) is 15.8 Å². The van der Waals surface area contributed by atoms with Crippen LogP contribution in [0.2, 0.25) is 0 Å². The van der Waals surface area contributed by atoms with Crippen LogP contribution in [0.3, 0.4) is 0 Å². The maximum Gasteiger partial charge on any atom is 0.0384 e. The highest BCUT2D eigenvalue weighted by Crippen LogP contribution is 2.49. The van der Waals surface area contributed by atoms with E-state index in [9.17, 15) is 0 Å². The van der Waals surface area contributed by atoms with Crippen molar-refractivity contribution in [3.05, 3.63) is 108 Å². The molecule has 0 heterocycles. The van der Waals surface area contributed by atoms with Crippen molar-refractivity contribution in [1.82, 2.24) is 0 Å². The highest BCUT2D eigenvalue weighted by molar-refractivity contribution is 9.10. The smallest absolute Gasteiger partial charge is 0.0384 e. The molecule has 0 radical (unpaired) electrons. The van der Waals surface area contributed by atoms with Gasteiger partial charge in [-0.3, -0.25) is 0 Å². The molecule has 0 fully saturated rings.